The molecule has 0 atom stereocenters. The third kappa shape index (κ3) is 11.9. The first-order valence-electron chi connectivity index (χ1n) is 36.6. The zero-order chi connectivity index (χ0) is 72.3. The topological polar surface area (TPSA) is 87.2 Å². The van der Waals surface area contributed by atoms with Crippen LogP contribution in [0.1, 0.15) is 5.56 Å². The molecule has 0 radical (unpaired) electrons. The molecule has 6 heterocycles. The fourth-order valence-electron chi connectivity index (χ4n) is 15.4. The van der Waals surface area contributed by atoms with Crippen molar-refractivity contribution >= 4 is 95.9 Å². The average Bonchev–Trinajstić information content (AvgIpc) is 1.58. The van der Waals surface area contributed by atoms with E-state index in [-0.39, 0.29) is 0 Å². The van der Waals surface area contributed by atoms with Crippen molar-refractivity contribution in [2.45, 2.75) is 6.92 Å². The van der Waals surface area contributed by atoms with Crippen molar-refractivity contribution in [2.75, 3.05) is 0 Å². The maximum absolute atomic E-state index is 5.04. The zero-order valence-electron chi connectivity index (χ0n) is 59.1. The summed E-state index contributed by atoms with van der Waals surface area (Å²) in [5.74, 6) is 3.95. The summed E-state index contributed by atoms with van der Waals surface area (Å²) >= 11 is 3.73. The average molecular weight is 1430 g/mol. The normalized spacial score (nSPS) is 11.5. The van der Waals surface area contributed by atoms with Crippen LogP contribution in [0, 0.1) is 6.92 Å². The molecule has 0 spiro atoms. The largest absolute Gasteiger partial charge is 0.309 e. The third-order valence-corrected chi connectivity index (χ3v) is 23.2. The van der Waals surface area contributed by atoms with Crippen molar-refractivity contribution in [1.29, 1.82) is 0 Å². The summed E-state index contributed by atoms with van der Waals surface area (Å²) in [7, 11) is 0. The van der Waals surface area contributed by atoms with Crippen molar-refractivity contribution in [3.8, 4) is 124 Å². The second-order valence-corrected chi connectivity index (χ2v) is 29.4. The lowest BCUT2D eigenvalue weighted by atomic mass is 9.93. The molecule has 10 heteroatoms. The summed E-state index contributed by atoms with van der Waals surface area (Å²) in [6, 6.07) is 131. The van der Waals surface area contributed by atoms with Crippen molar-refractivity contribution in [3.63, 3.8) is 0 Å². The van der Waals surface area contributed by atoms with Crippen LogP contribution in [0.5, 0.6) is 0 Å². The predicted octanol–water partition coefficient (Wildman–Crippen LogP) is 26.5. The lowest BCUT2D eigenvalue weighted by molar-refractivity contribution is 1.07. The summed E-state index contributed by atoms with van der Waals surface area (Å²) in [5.41, 5.74) is 23.6. The molecule has 0 N–H and O–H groups in total. The molecule has 15 aromatic carbocycles. The molecular formula is C99H64N8S2. The molecule has 0 aliphatic heterocycles. The number of aromatic nitrogens is 8. The quantitative estimate of drug-likeness (QED) is 0.121. The number of fused-ring (bicyclic) bond motifs is 11. The number of hydrogen-bond acceptors (Lipinski definition) is 8. The summed E-state index contributed by atoms with van der Waals surface area (Å²) in [6.07, 6.45) is 0. The van der Waals surface area contributed by atoms with Crippen LogP contribution in [0.2, 0.25) is 0 Å². The summed E-state index contributed by atoms with van der Waals surface area (Å²) < 4.78 is 9.95. The second-order valence-electron chi connectivity index (χ2n) is 27.3. The molecular weight excluding hydrogens is 1370 g/mol. The van der Waals surface area contributed by atoms with Gasteiger partial charge in [-0.15, -0.1) is 22.7 Å². The number of benzene rings is 15. The summed E-state index contributed by atoms with van der Waals surface area (Å²) in [4.78, 5) is 29.9. The van der Waals surface area contributed by atoms with E-state index in [0.717, 1.165) is 55.8 Å². The standard InChI is InChI=1S/C53H32N4S2.C46H32N4/c1-5-14-33(15-6-1)36-26-29-44-43(30-36)48-40(22-13-23-45(48)57(44)39-20-11-4-12-21-39)37-24-27-41-46(31-37)58-50-42-28-25-38(32-47(42)59-49(41)50)53-55-51(34-16-7-2-8-17-34)54-52(56-53)35-18-9-3-10-19-35;1-31-25-26-36(46-48-44(33-17-8-3-9-18-33)47-45(49-46)34-19-10-4-11-20-34)30-39(31)38-23-14-24-42-43(38)40-29-35(32-15-6-2-7-16-32)27-28-41(40)50(42)37-21-12-5-13-22-37/h1-32H;2-30H,1H3. The maximum Gasteiger partial charge on any atom is 0.164 e. The predicted molar refractivity (Wildman–Crippen MR) is 456 cm³/mol. The minimum absolute atomic E-state index is 0.643. The van der Waals surface area contributed by atoms with E-state index in [1.807, 2.05) is 144 Å². The van der Waals surface area contributed by atoms with Crippen LogP contribution < -0.4 is 0 Å². The molecule has 0 saturated carbocycles. The molecule has 0 aliphatic rings. The van der Waals surface area contributed by atoms with Crippen LogP contribution in [0.4, 0.5) is 0 Å². The highest BCUT2D eigenvalue weighted by Crippen LogP contribution is 2.49. The van der Waals surface area contributed by atoms with Gasteiger partial charge in [0.25, 0.3) is 0 Å². The number of hydrogen-bond donors (Lipinski definition) is 0. The first kappa shape index (κ1) is 64.7. The van der Waals surface area contributed by atoms with Crippen molar-refractivity contribution in [2.24, 2.45) is 0 Å². The first-order valence-corrected chi connectivity index (χ1v) is 38.2. The van der Waals surface area contributed by atoms with Gasteiger partial charge < -0.3 is 9.13 Å². The monoisotopic (exact) mass is 1430 g/mol. The van der Waals surface area contributed by atoms with Crippen LogP contribution in [0.25, 0.3) is 197 Å². The number of aryl methyl sites for hydroxylation is 1. The fourth-order valence-corrected chi connectivity index (χ4v) is 18.2. The van der Waals surface area contributed by atoms with E-state index in [1.54, 1.807) is 0 Å². The number of para-hydroxylation sites is 2. The smallest absolute Gasteiger partial charge is 0.164 e. The Kier molecular flexibility index (Phi) is 16.3. The van der Waals surface area contributed by atoms with Crippen LogP contribution >= 0.6 is 22.7 Å². The Balaban J connectivity index is 0.000000145. The van der Waals surface area contributed by atoms with Crippen molar-refractivity contribution in [1.82, 2.24) is 39.0 Å². The Bertz CT molecular complexity index is 6890. The molecule has 0 fully saturated rings. The van der Waals surface area contributed by atoms with Crippen LogP contribution in [-0.4, -0.2) is 39.0 Å². The van der Waals surface area contributed by atoms with Gasteiger partial charge in [-0.2, -0.15) is 0 Å². The summed E-state index contributed by atoms with van der Waals surface area (Å²) in [5, 5.41) is 7.50. The van der Waals surface area contributed by atoms with Gasteiger partial charge in [0.2, 0.25) is 0 Å². The fraction of sp³-hybridized carbons (Fsp3) is 0.0101. The van der Waals surface area contributed by atoms with Gasteiger partial charge in [-0.05, 0) is 136 Å². The highest BCUT2D eigenvalue weighted by Gasteiger charge is 2.24. The Hall–Kier alpha value is -13.9. The lowest BCUT2D eigenvalue weighted by Crippen LogP contribution is -2.00. The van der Waals surface area contributed by atoms with E-state index < -0.39 is 0 Å². The Morgan fingerprint density at radius 3 is 0.945 bits per heavy atom. The van der Waals surface area contributed by atoms with Crippen LogP contribution in [-0.2, 0) is 0 Å². The number of thiophene rings is 2. The Morgan fingerprint density at radius 1 is 0.211 bits per heavy atom. The van der Waals surface area contributed by atoms with Gasteiger partial charge in [0, 0.05) is 86.5 Å². The molecule has 109 heavy (non-hydrogen) atoms. The SMILES string of the molecule is Cc1ccc(-c2nc(-c3ccccc3)nc(-c3ccccc3)n2)cc1-c1cccc2c1c1cc(-c3ccccc3)ccc1n2-c1ccccc1.c1ccc(-c2ccc3c(c2)c2c(-c4ccc5c(c4)sc4c6ccc(-c7nc(-c8ccccc8)nc(-c8ccccc8)n7)cc6sc54)cccc2n3-c2ccccc2)cc1. The molecule has 512 valence electrons. The van der Waals surface area contributed by atoms with Crippen molar-refractivity contribution < 1.29 is 0 Å². The maximum atomic E-state index is 5.04. The van der Waals surface area contributed by atoms with Gasteiger partial charge in [0.15, 0.2) is 34.9 Å². The molecule has 21 rings (SSSR count). The van der Waals surface area contributed by atoms with E-state index in [4.69, 9.17) is 29.9 Å². The highest BCUT2D eigenvalue weighted by molar-refractivity contribution is 7.36. The number of rotatable bonds is 12. The molecule has 0 amide bonds. The zero-order valence-corrected chi connectivity index (χ0v) is 60.7. The second kappa shape index (κ2) is 27.5. The Labute approximate surface area is 637 Å². The minimum atomic E-state index is 0.643. The van der Waals surface area contributed by atoms with E-state index in [2.05, 4.69) is 265 Å². The van der Waals surface area contributed by atoms with E-state index in [1.165, 1.54) is 112 Å². The van der Waals surface area contributed by atoms with Gasteiger partial charge in [0.05, 0.1) is 31.5 Å². The molecule has 6 aromatic heterocycles. The van der Waals surface area contributed by atoms with Crippen molar-refractivity contribution in [3.05, 3.63) is 376 Å². The van der Waals surface area contributed by atoms with Crippen LogP contribution in [0.15, 0.2) is 370 Å². The molecule has 21 aromatic rings. The van der Waals surface area contributed by atoms with Gasteiger partial charge in [0.1, 0.15) is 0 Å². The van der Waals surface area contributed by atoms with Gasteiger partial charge >= 0.3 is 0 Å². The van der Waals surface area contributed by atoms with Gasteiger partial charge in [-0.1, -0.05) is 291 Å². The van der Waals surface area contributed by atoms with Gasteiger partial charge in [-0.25, -0.2) is 29.9 Å². The van der Waals surface area contributed by atoms with Gasteiger partial charge in [-0.3, -0.25) is 0 Å². The molecule has 0 aliphatic carbocycles. The molecule has 0 saturated heterocycles. The van der Waals surface area contributed by atoms with E-state index in [0.29, 0.717) is 34.9 Å². The van der Waals surface area contributed by atoms with E-state index >= 15 is 0 Å². The van der Waals surface area contributed by atoms with Crippen LogP contribution in [0.3, 0.4) is 0 Å². The molecule has 8 nitrogen and oxygen atoms in total. The third-order valence-electron chi connectivity index (χ3n) is 20.7. The minimum Gasteiger partial charge on any atom is -0.309 e. The highest BCUT2D eigenvalue weighted by atomic mass is 32.1. The number of nitrogens with zero attached hydrogens (tertiary/aromatic N) is 8. The summed E-state index contributed by atoms with van der Waals surface area (Å²) in [6.45, 7) is 2.18. The lowest BCUT2D eigenvalue weighted by Gasteiger charge is -2.13. The van der Waals surface area contributed by atoms with E-state index in [9.17, 15) is 0 Å². The molecule has 0 bridgehead atoms. The Morgan fingerprint density at radius 2 is 0.532 bits per heavy atom. The molecule has 0 unspecified atom stereocenters. The first-order chi connectivity index (χ1) is 53.9.